The summed E-state index contributed by atoms with van der Waals surface area (Å²) in [6.45, 7) is 2.03. The van der Waals surface area contributed by atoms with Gasteiger partial charge in [-0.25, -0.2) is 9.78 Å². The van der Waals surface area contributed by atoms with Crippen LogP contribution < -0.4 is 4.90 Å². The SMILES string of the molecule is COC(=O)N1c2ccc3c(nc(C(O)c4ccccc4)n3C3CCC(C=O)CC3)c2CCC1C. The first-order valence-electron chi connectivity index (χ1n) is 12.1. The van der Waals surface area contributed by atoms with Gasteiger partial charge in [-0.05, 0) is 63.1 Å². The molecule has 5 rings (SSSR count). The molecule has 0 spiro atoms. The Morgan fingerprint density at radius 1 is 1.12 bits per heavy atom. The maximum Gasteiger partial charge on any atom is 0.414 e. The summed E-state index contributed by atoms with van der Waals surface area (Å²) < 4.78 is 7.25. The van der Waals surface area contributed by atoms with Crippen molar-refractivity contribution in [1.29, 1.82) is 0 Å². The summed E-state index contributed by atoms with van der Waals surface area (Å²) in [4.78, 5) is 30.6. The van der Waals surface area contributed by atoms with Crippen molar-refractivity contribution >= 4 is 29.1 Å². The van der Waals surface area contributed by atoms with Gasteiger partial charge in [0.1, 0.15) is 18.2 Å². The topological polar surface area (TPSA) is 84.7 Å². The van der Waals surface area contributed by atoms with Gasteiger partial charge in [0.2, 0.25) is 0 Å². The molecule has 0 radical (unpaired) electrons. The highest BCUT2D eigenvalue weighted by atomic mass is 16.5. The Morgan fingerprint density at radius 2 is 1.85 bits per heavy atom. The molecule has 2 aliphatic rings. The van der Waals surface area contributed by atoms with Gasteiger partial charge in [0.05, 0.1) is 23.8 Å². The van der Waals surface area contributed by atoms with Crippen LogP contribution in [0.3, 0.4) is 0 Å². The Labute approximate surface area is 199 Å². The number of hydrogen-bond donors (Lipinski definition) is 1. The van der Waals surface area contributed by atoms with Crippen LogP contribution in [0.1, 0.15) is 68.1 Å². The number of carbonyl (C=O) groups is 2. The van der Waals surface area contributed by atoms with Gasteiger partial charge in [-0.15, -0.1) is 0 Å². The molecule has 2 aromatic carbocycles. The Kier molecular flexibility index (Phi) is 6.13. The number of aliphatic hydroxyl groups is 1. The molecule has 7 nitrogen and oxygen atoms in total. The summed E-state index contributed by atoms with van der Waals surface area (Å²) >= 11 is 0. The lowest BCUT2D eigenvalue weighted by Gasteiger charge is -2.34. The molecule has 1 aliphatic heterocycles. The first-order chi connectivity index (χ1) is 16.5. The van der Waals surface area contributed by atoms with Gasteiger partial charge in [0.25, 0.3) is 0 Å². The number of ether oxygens (including phenoxy) is 1. The number of aromatic nitrogens is 2. The van der Waals surface area contributed by atoms with Crippen molar-refractivity contribution in [2.45, 2.75) is 63.6 Å². The number of fused-ring (bicyclic) bond motifs is 3. The Balaban J connectivity index is 1.67. The van der Waals surface area contributed by atoms with Crippen molar-refractivity contribution < 1.29 is 19.4 Å². The number of methoxy groups -OCH3 is 1. The Hall–Kier alpha value is -3.19. The molecule has 1 saturated carbocycles. The highest BCUT2D eigenvalue weighted by molar-refractivity contribution is 5.95. The van der Waals surface area contributed by atoms with Crippen LogP contribution in [0.25, 0.3) is 11.0 Å². The minimum atomic E-state index is -0.868. The summed E-state index contributed by atoms with van der Waals surface area (Å²) in [6, 6.07) is 13.8. The summed E-state index contributed by atoms with van der Waals surface area (Å²) in [5, 5.41) is 11.4. The third kappa shape index (κ3) is 3.78. The van der Waals surface area contributed by atoms with Gasteiger partial charge in [0.15, 0.2) is 0 Å². The van der Waals surface area contributed by atoms with E-state index in [0.29, 0.717) is 5.82 Å². The number of benzene rings is 2. The minimum Gasteiger partial charge on any atom is -0.452 e. The van der Waals surface area contributed by atoms with Crippen LogP contribution in [0.4, 0.5) is 10.5 Å². The molecule has 7 heteroatoms. The van der Waals surface area contributed by atoms with Gasteiger partial charge >= 0.3 is 6.09 Å². The van der Waals surface area contributed by atoms with Gasteiger partial charge < -0.3 is 19.2 Å². The van der Waals surface area contributed by atoms with Crippen molar-refractivity contribution in [1.82, 2.24) is 9.55 Å². The number of aliphatic hydroxyl groups excluding tert-OH is 1. The van der Waals surface area contributed by atoms with E-state index in [4.69, 9.17) is 9.72 Å². The molecule has 178 valence electrons. The molecule has 1 fully saturated rings. The number of anilines is 1. The Bertz CT molecular complexity index is 1200. The molecule has 2 unspecified atom stereocenters. The number of hydrogen-bond acceptors (Lipinski definition) is 5. The molecule has 2 heterocycles. The summed E-state index contributed by atoms with van der Waals surface area (Å²) in [5.41, 5.74) is 4.44. The first kappa shape index (κ1) is 22.6. The number of aryl methyl sites for hydroxylation is 1. The predicted molar refractivity (Wildman–Crippen MR) is 130 cm³/mol. The number of aldehydes is 1. The van der Waals surface area contributed by atoms with E-state index in [0.717, 1.165) is 72.7 Å². The zero-order valence-corrected chi connectivity index (χ0v) is 19.7. The van der Waals surface area contributed by atoms with Crippen molar-refractivity contribution in [3.63, 3.8) is 0 Å². The molecule has 1 aromatic heterocycles. The lowest BCUT2D eigenvalue weighted by atomic mass is 9.86. The molecule has 1 N–H and O–H groups in total. The first-order valence-corrected chi connectivity index (χ1v) is 12.1. The van der Waals surface area contributed by atoms with Crippen molar-refractivity contribution in [3.8, 4) is 0 Å². The van der Waals surface area contributed by atoms with E-state index < -0.39 is 6.10 Å². The van der Waals surface area contributed by atoms with Crippen LogP contribution in [-0.2, 0) is 16.0 Å². The van der Waals surface area contributed by atoms with Gasteiger partial charge in [-0.3, -0.25) is 4.90 Å². The molecule has 1 amide bonds. The summed E-state index contributed by atoms with van der Waals surface area (Å²) in [6.07, 6.45) is 4.86. The largest absolute Gasteiger partial charge is 0.452 e. The second-order valence-electron chi connectivity index (χ2n) is 9.52. The zero-order chi connectivity index (χ0) is 23.8. The third-order valence-electron chi connectivity index (χ3n) is 7.51. The number of rotatable bonds is 4. The number of carbonyl (C=O) groups excluding carboxylic acids is 2. The molecule has 1 aliphatic carbocycles. The smallest absolute Gasteiger partial charge is 0.414 e. The minimum absolute atomic E-state index is 0.0347. The maximum atomic E-state index is 12.6. The standard InChI is InChI=1S/C27H31N3O4/c1-17-8-13-21-22(29(17)27(33)34-2)14-15-23-24(21)28-26(25(32)19-6-4-3-5-7-19)30(23)20-11-9-18(16-31)10-12-20/h3-7,14-18,20,25,32H,8-13H2,1-2H3. The molecular weight excluding hydrogens is 430 g/mol. The van der Waals surface area contributed by atoms with Crippen molar-refractivity contribution in [2.24, 2.45) is 5.92 Å². The second-order valence-corrected chi connectivity index (χ2v) is 9.52. The van der Waals surface area contributed by atoms with E-state index in [1.807, 2.05) is 49.4 Å². The maximum absolute atomic E-state index is 12.6. The molecule has 0 saturated heterocycles. The predicted octanol–water partition coefficient (Wildman–Crippen LogP) is 4.96. The highest BCUT2D eigenvalue weighted by Gasteiger charge is 2.34. The van der Waals surface area contributed by atoms with E-state index in [1.54, 1.807) is 4.90 Å². The summed E-state index contributed by atoms with van der Waals surface area (Å²) in [7, 11) is 1.40. The van der Waals surface area contributed by atoms with Crippen LogP contribution in [0.15, 0.2) is 42.5 Å². The van der Waals surface area contributed by atoms with Crippen LogP contribution in [-0.4, -0.2) is 40.2 Å². The van der Waals surface area contributed by atoms with Gasteiger partial charge in [0, 0.05) is 23.6 Å². The zero-order valence-electron chi connectivity index (χ0n) is 19.7. The number of imidazole rings is 1. The second kappa shape index (κ2) is 9.22. The lowest BCUT2D eigenvalue weighted by molar-refractivity contribution is -0.112. The third-order valence-corrected chi connectivity index (χ3v) is 7.51. The molecular formula is C27H31N3O4. The molecule has 2 atom stereocenters. The highest BCUT2D eigenvalue weighted by Crippen LogP contribution is 2.41. The fourth-order valence-corrected chi connectivity index (χ4v) is 5.65. The lowest BCUT2D eigenvalue weighted by Crippen LogP contribution is -2.42. The molecule has 3 aromatic rings. The van der Waals surface area contributed by atoms with Crippen LogP contribution >= 0.6 is 0 Å². The van der Waals surface area contributed by atoms with Crippen molar-refractivity contribution in [3.05, 3.63) is 59.4 Å². The van der Waals surface area contributed by atoms with Crippen LogP contribution in [0.5, 0.6) is 0 Å². The van der Waals surface area contributed by atoms with E-state index in [2.05, 4.69) is 4.57 Å². The molecule has 34 heavy (non-hydrogen) atoms. The Morgan fingerprint density at radius 3 is 2.53 bits per heavy atom. The normalized spacial score (nSPS) is 23.4. The fraction of sp³-hybridized carbons (Fsp3) is 0.444. The number of amides is 1. The van der Waals surface area contributed by atoms with Gasteiger partial charge in [-0.2, -0.15) is 0 Å². The van der Waals surface area contributed by atoms with E-state index in [1.165, 1.54) is 7.11 Å². The van der Waals surface area contributed by atoms with E-state index in [-0.39, 0.29) is 24.1 Å². The van der Waals surface area contributed by atoms with Gasteiger partial charge in [-0.1, -0.05) is 30.3 Å². The monoisotopic (exact) mass is 461 g/mol. The van der Waals surface area contributed by atoms with E-state index in [9.17, 15) is 14.7 Å². The summed E-state index contributed by atoms with van der Waals surface area (Å²) in [5.74, 6) is 0.726. The van der Waals surface area contributed by atoms with Crippen LogP contribution in [0.2, 0.25) is 0 Å². The fourth-order valence-electron chi connectivity index (χ4n) is 5.65. The van der Waals surface area contributed by atoms with Crippen molar-refractivity contribution in [2.75, 3.05) is 12.0 Å². The number of nitrogens with zero attached hydrogens (tertiary/aromatic N) is 3. The van der Waals surface area contributed by atoms with E-state index >= 15 is 0 Å². The van der Waals surface area contributed by atoms with Crippen LogP contribution in [0, 0.1) is 5.92 Å². The average molecular weight is 462 g/mol. The molecule has 0 bridgehead atoms. The average Bonchev–Trinajstić information content (AvgIpc) is 3.28. The quantitative estimate of drug-likeness (QED) is 0.556.